The van der Waals surface area contributed by atoms with Gasteiger partial charge in [-0.1, -0.05) is 17.4 Å². The van der Waals surface area contributed by atoms with Crippen molar-refractivity contribution in [1.82, 2.24) is 4.98 Å². The quantitative estimate of drug-likeness (QED) is 0.702. The summed E-state index contributed by atoms with van der Waals surface area (Å²) in [5.74, 6) is -0.813. The lowest BCUT2D eigenvalue weighted by molar-refractivity contribution is -0.121. The van der Waals surface area contributed by atoms with Crippen LogP contribution in [0.15, 0.2) is 36.4 Å². The molecule has 1 aliphatic heterocycles. The van der Waals surface area contributed by atoms with Crippen molar-refractivity contribution in [2.24, 2.45) is 0 Å². The fraction of sp³-hybridized carbons (Fsp3) is 0.200. The molecule has 1 N–H and O–H groups in total. The molecule has 1 saturated heterocycles. The SMILES string of the molecule is Cc1cc2nc(NC(=O)c3cccc(N4C(=O)CCC4=O)c3)sc2cc1C. The van der Waals surface area contributed by atoms with E-state index in [0.29, 0.717) is 16.4 Å². The van der Waals surface area contributed by atoms with Crippen LogP contribution in [0, 0.1) is 13.8 Å². The maximum atomic E-state index is 12.6. The number of amides is 3. The van der Waals surface area contributed by atoms with Gasteiger partial charge in [-0.15, -0.1) is 0 Å². The molecule has 0 bridgehead atoms. The van der Waals surface area contributed by atoms with Gasteiger partial charge < -0.3 is 0 Å². The van der Waals surface area contributed by atoms with Crippen molar-refractivity contribution in [3.63, 3.8) is 0 Å². The maximum Gasteiger partial charge on any atom is 0.257 e. The van der Waals surface area contributed by atoms with Crippen LogP contribution >= 0.6 is 11.3 Å². The van der Waals surface area contributed by atoms with E-state index in [-0.39, 0.29) is 30.6 Å². The molecule has 3 amide bonds. The number of imide groups is 1. The number of hydrogen-bond donors (Lipinski definition) is 1. The number of aromatic nitrogens is 1. The van der Waals surface area contributed by atoms with Crippen LogP contribution in [-0.2, 0) is 9.59 Å². The van der Waals surface area contributed by atoms with E-state index in [4.69, 9.17) is 0 Å². The number of carbonyl (C=O) groups excluding carboxylic acids is 3. The van der Waals surface area contributed by atoms with E-state index in [1.807, 2.05) is 19.9 Å². The van der Waals surface area contributed by atoms with Gasteiger partial charge in [0.2, 0.25) is 11.8 Å². The predicted molar refractivity (Wildman–Crippen MR) is 105 cm³/mol. The molecule has 0 atom stereocenters. The Morgan fingerprint density at radius 2 is 1.78 bits per heavy atom. The van der Waals surface area contributed by atoms with Crippen LogP contribution in [-0.4, -0.2) is 22.7 Å². The zero-order chi connectivity index (χ0) is 19.1. The summed E-state index contributed by atoms with van der Waals surface area (Å²) in [6, 6.07) is 10.6. The molecule has 1 aromatic heterocycles. The van der Waals surface area contributed by atoms with Crippen molar-refractivity contribution in [2.45, 2.75) is 26.7 Å². The Balaban J connectivity index is 1.59. The predicted octanol–water partition coefficient (Wildman–Crippen LogP) is 3.82. The van der Waals surface area contributed by atoms with Gasteiger partial charge in [-0.2, -0.15) is 0 Å². The van der Waals surface area contributed by atoms with E-state index in [1.54, 1.807) is 24.3 Å². The Morgan fingerprint density at radius 3 is 2.52 bits per heavy atom. The molecule has 0 spiro atoms. The van der Waals surface area contributed by atoms with E-state index in [0.717, 1.165) is 20.7 Å². The monoisotopic (exact) mass is 379 g/mol. The minimum Gasteiger partial charge on any atom is -0.298 e. The van der Waals surface area contributed by atoms with Gasteiger partial charge >= 0.3 is 0 Å². The summed E-state index contributed by atoms with van der Waals surface area (Å²) in [6.45, 7) is 4.07. The smallest absolute Gasteiger partial charge is 0.257 e. The number of fused-ring (bicyclic) bond motifs is 1. The van der Waals surface area contributed by atoms with E-state index >= 15 is 0 Å². The van der Waals surface area contributed by atoms with Crippen molar-refractivity contribution >= 4 is 50.1 Å². The Hall–Kier alpha value is -3.06. The molecular weight excluding hydrogens is 362 g/mol. The van der Waals surface area contributed by atoms with Crippen molar-refractivity contribution < 1.29 is 14.4 Å². The normalized spacial score (nSPS) is 14.2. The molecular formula is C20H17N3O3S. The standard InChI is InChI=1S/C20H17N3O3S/c1-11-8-15-16(9-12(11)2)27-20(21-15)22-19(26)13-4-3-5-14(10-13)23-17(24)6-7-18(23)25/h3-5,8-10H,6-7H2,1-2H3,(H,21,22,26). The minimum absolute atomic E-state index is 0.208. The fourth-order valence-electron chi connectivity index (χ4n) is 3.05. The number of nitrogens with one attached hydrogen (secondary N) is 1. The highest BCUT2D eigenvalue weighted by Gasteiger charge is 2.30. The number of carbonyl (C=O) groups is 3. The van der Waals surface area contributed by atoms with Gasteiger partial charge in [0, 0.05) is 18.4 Å². The molecule has 0 aliphatic carbocycles. The van der Waals surface area contributed by atoms with Gasteiger partial charge in [0.15, 0.2) is 5.13 Å². The largest absolute Gasteiger partial charge is 0.298 e. The molecule has 4 rings (SSSR count). The van der Waals surface area contributed by atoms with Gasteiger partial charge in [0.25, 0.3) is 5.91 Å². The van der Waals surface area contributed by atoms with Crippen LogP contribution in [0.3, 0.4) is 0 Å². The first-order valence-electron chi connectivity index (χ1n) is 8.57. The molecule has 0 saturated carbocycles. The number of anilines is 2. The number of aryl methyl sites for hydroxylation is 2. The van der Waals surface area contributed by atoms with E-state index < -0.39 is 0 Å². The summed E-state index contributed by atoms with van der Waals surface area (Å²) in [4.78, 5) is 42.0. The summed E-state index contributed by atoms with van der Waals surface area (Å²) >= 11 is 1.41. The summed E-state index contributed by atoms with van der Waals surface area (Å²) in [6.07, 6.45) is 0.416. The van der Waals surface area contributed by atoms with Gasteiger partial charge in [-0.25, -0.2) is 4.98 Å². The topological polar surface area (TPSA) is 79.4 Å². The second-order valence-corrected chi connectivity index (χ2v) is 7.58. The summed E-state index contributed by atoms with van der Waals surface area (Å²) in [5, 5.41) is 3.32. The molecule has 3 aromatic rings. The summed E-state index contributed by atoms with van der Waals surface area (Å²) in [7, 11) is 0. The highest BCUT2D eigenvalue weighted by Crippen LogP contribution is 2.29. The Labute approximate surface area is 159 Å². The van der Waals surface area contributed by atoms with Crippen LogP contribution in [0.25, 0.3) is 10.2 Å². The van der Waals surface area contributed by atoms with Crippen molar-refractivity contribution in [3.05, 3.63) is 53.1 Å². The van der Waals surface area contributed by atoms with Gasteiger partial charge in [0.1, 0.15) is 0 Å². The van der Waals surface area contributed by atoms with Crippen LogP contribution in [0.4, 0.5) is 10.8 Å². The average molecular weight is 379 g/mol. The third kappa shape index (κ3) is 3.21. The lowest BCUT2D eigenvalue weighted by atomic mass is 10.1. The zero-order valence-corrected chi connectivity index (χ0v) is 15.7. The third-order valence-corrected chi connectivity index (χ3v) is 5.58. The van der Waals surface area contributed by atoms with Crippen molar-refractivity contribution in [3.8, 4) is 0 Å². The van der Waals surface area contributed by atoms with Crippen LogP contribution in [0.5, 0.6) is 0 Å². The molecule has 1 aliphatic rings. The number of benzene rings is 2. The molecule has 0 unspecified atom stereocenters. The van der Waals surface area contributed by atoms with Crippen LogP contribution in [0.2, 0.25) is 0 Å². The number of thiazole rings is 1. The second kappa shape index (κ2) is 6.59. The fourth-order valence-corrected chi connectivity index (χ4v) is 3.99. The Bertz CT molecular complexity index is 1050. The molecule has 6 nitrogen and oxygen atoms in total. The Kier molecular flexibility index (Phi) is 4.24. The first-order chi connectivity index (χ1) is 12.9. The van der Waals surface area contributed by atoms with Gasteiger partial charge in [-0.3, -0.25) is 24.6 Å². The lowest BCUT2D eigenvalue weighted by Crippen LogP contribution is -2.28. The number of hydrogen-bond acceptors (Lipinski definition) is 5. The highest BCUT2D eigenvalue weighted by molar-refractivity contribution is 7.22. The summed E-state index contributed by atoms with van der Waals surface area (Å²) < 4.78 is 1.01. The molecule has 27 heavy (non-hydrogen) atoms. The molecule has 7 heteroatoms. The first-order valence-corrected chi connectivity index (χ1v) is 9.39. The first kappa shape index (κ1) is 17.4. The van der Waals surface area contributed by atoms with Crippen LogP contribution in [0.1, 0.15) is 34.3 Å². The maximum absolute atomic E-state index is 12.6. The second-order valence-electron chi connectivity index (χ2n) is 6.55. The number of rotatable bonds is 3. The minimum atomic E-state index is -0.330. The molecule has 1 fully saturated rings. The van der Waals surface area contributed by atoms with Gasteiger partial charge in [0.05, 0.1) is 15.9 Å². The van der Waals surface area contributed by atoms with E-state index in [1.165, 1.54) is 16.9 Å². The number of nitrogens with zero attached hydrogens (tertiary/aromatic N) is 2. The lowest BCUT2D eigenvalue weighted by Gasteiger charge is -2.14. The molecule has 136 valence electrons. The summed E-state index contributed by atoms with van der Waals surface area (Å²) in [5.41, 5.74) is 3.97. The van der Waals surface area contributed by atoms with E-state index in [2.05, 4.69) is 16.4 Å². The van der Waals surface area contributed by atoms with Crippen molar-refractivity contribution in [1.29, 1.82) is 0 Å². The molecule has 2 heterocycles. The zero-order valence-electron chi connectivity index (χ0n) is 14.9. The molecule has 2 aromatic carbocycles. The molecule has 0 radical (unpaired) electrons. The highest BCUT2D eigenvalue weighted by atomic mass is 32.1. The van der Waals surface area contributed by atoms with Gasteiger partial charge in [-0.05, 0) is 55.3 Å². The van der Waals surface area contributed by atoms with Crippen LogP contribution < -0.4 is 10.2 Å². The average Bonchev–Trinajstić information content (AvgIpc) is 3.17. The van der Waals surface area contributed by atoms with Crippen molar-refractivity contribution in [2.75, 3.05) is 10.2 Å². The Morgan fingerprint density at radius 1 is 1.07 bits per heavy atom. The van der Waals surface area contributed by atoms with E-state index in [9.17, 15) is 14.4 Å². The third-order valence-electron chi connectivity index (χ3n) is 4.64.